The summed E-state index contributed by atoms with van der Waals surface area (Å²) in [7, 11) is 1.02. The van der Waals surface area contributed by atoms with Crippen LogP contribution < -0.4 is 59.3 Å². The number of esters is 1. The van der Waals surface area contributed by atoms with E-state index < -0.39 is 287 Å². The molecule has 27 atom stereocenters. The number of nitrogens with zero attached hydrogens (tertiary/aromatic N) is 1. The lowest BCUT2D eigenvalue weighted by molar-refractivity contribution is -0.339. The number of nitrogens with two attached hydrogens (primary N) is 2. The van der Waals surface area contributed by atoms with Crippen LogP contribution in [-0.2, 0) is 97.1 Å². The smallest absolute Gasteiger partial charge is 0.328 e. The molecule has 4 aliphatic rings. The monoisotopic (exact) mass is 1740 g/mol. The van der Waals surface area contributed by atoms with Gasteiger partial charge in [0.25, 0.3) is 11.8 Å². The standard InChI is InChI=1S/C78H128N12O32/c1-9-11-12-13-14-15-16-17-18-19-20-24-49(119-77-65(106)66(48(97)36-116-77)122-76-57(82-41(7)95)62(103)59(100)50(34-91)120-76)61(102)74(114)88-55(38(4)94)71(111)89-56-39(5)117-75(115)46(23-21-22-31-79)85-73(113)58(40(6)118-78-64(105)63(104)60(101)51(35-92)121-78)90(8)53(99)33-81-67(107)45(29-30-52(80)98)84-68(108)44(10-2)83-69(109)47(32-42-25-27-43(96)28-26-42)86-70(110)54(37(3)93)87-72(56)112/h10,25-28,37-40,45-51,54-66,76-78,91-94,96-97,100-106H,9,11-24,29-36,79H2,1-8H3,(H2,80,98)(H,81,107)(H,82,95)(H,83,109)(H,84,108)(H,85,113)(H,86,110)(H,87,112)(H,88,114)(H,89,111)/t37-,38?,39?,40?,45-,46?,47-,48?,49?,50?,51?,54-,55?,56?,57?,58?,59?,60?,61?,62?,63?,64?,65?,66?,76?,77?,78?/m1/s1. The Kier molecular flexibility index (Phi) is 44.2. The number of phenols is 1. The van der Waals surface area contributed by atoms with E-state index in [1.807, 2.05) is 0 Å². The number of likely N-dealkylation sites (N-methyl/N-ethyl adjacent to an activating group) is 1. The molecule has 0 aliphatic carbocycles. The number of nitrogens with one attached hydrogen (secondary N) is 9. The van der Waals surface area contributed by atoms with Crippen molar-refractivity contribution in [2.45, 2.75) is 329 Å². The average Bonchev–Trinajstić information content (AvgIpc) is 0.802. The van der Waals surface area contributed by atoms with Gasteiger partial charge in [-0.05, 0) is 91.0 Å². The minimum absolute atomic E-state index is 0.00217. The van der Waals surface area contributed by atoms with Crippen LogP contribution >= 0.6 is 0 Å². The molecule has 44 heteroatoms. The molecule has 0 radical (unpaired) electrons. The molecule has 1 aromatic carbocycles. The van der Waals surface area contributed by atoms with Gasteiger partial charge in [0, 0.05) is 26.8 Å². The van der Waals surface area contributed by atoms with Crippen molar-refractivity contribution >= 4 is 70.9 Å². The van der Waals surface area contributed by atoms with Crippen LogP contribution in [0.25, 0.3) is 0 Å². The van der Waals surface area contributed by atoms with E-state index in [1.54, 1.807) is 0 Å². The average molecular weight is 1750 g/mol. The van der Waals surface area contributed by atoms with Crippen molar-refractivity contribution in [1.29, 1.82) is 0 Å². The fourth-order valence-corrected chi connectivity index (χ4v) is 14.1. The Morgan fingerprint density at radius 3 is 1.84 bits per heavy atom. The summed E-state index contributed by atoms with van der Waals surface area (Å²) >= 11 is 0. The summed E-state index contributed by atoms with van der Waals surface area (Å²) in [6.07, 6.45) is -27.3. The molecule has 0 saturated carbocycles. The summed E-state index contributed by atoms with van der Waals surface area (Å²) in [6.45, 7) is 5.07. The number of rotatable bonds is 38. The van der Waals surface area contributed by atoms with Gasteiger partial charge in [-0.1, -0.05) is 95.8 Å². The van der Waals surface area contributed by atoms with Gasteiger partial charge in [0.1, 0.15) is 127 Å². The van der Waals surface area contributed by atoms with E-state index in [0.29, 0.717) is 17.7 Å². The van der Waals surface area contributed by atoms with Gasteiger partial charge in [0.15, 0.2) is 25.0 Å². The number of benzene rings is 1. The van der Waals surface area contributed by atoms with Crippen LogP contribution in [-0.4, -0.2) is 347 Å². The number of allylic oxidation sites excluding steroid dienone is 1. The Bertz CT molecular complexity index is 3570. The van der Waals surface area contributed by atoms with Gasteiger partial charge >= 0.3 is 5.97 Å². The summed E-state index contributed by atoms with van der Waals surface area (Å²) in [6, 6.07) is -10.7. The fourth-order valence-electron chi connectivity index (χ4n) is 14.1. The largest absolute Gasteiger partial charge is 0.508 e. The Balaban J connectivity index is 1.61. The zero-order valence-electron chi connectivity index (χ0n) is 69.9. The van der Waals surface area contributed by atoms with Crippen LogP contribution in [0.3, 0.4) is 0 Å². The maximum absolute atomic E-state index is 15.3. The summed E-state index contributed by atoms with van der Waals surface area (Å²) in [5.74, 6) is -15.2. The normalized spacial score (nSPS) is 31.0. The molecule has 1 aromatic rings. The maximum atomic E-state index is 15.3. The van der Waals surface area contributed by atoms with Crippen molar-refractivity contribution in [2.75, 3.05) is 40.0 Å². The number of aliphatic hydroxyl groups excluding tert-OH is 12. The number of hydrogen-bond donors (Lipinski definition) is 24. The van der Waals surface area contributed by atoms with Crippen LogP contribution in [0.1, 0.15) is 163 Å². The second kappa shape index (κ2) is 51.8. The molecule has 0 spiro atoms. The Morgan fingerprint density at radius 1 is 0.664 bits per heavy atom. The SMILES string of the molecule is CC=C1NC(=O)[C@@H](Cc2ccc(O)cc2)NC(=O)[C@@H]([C@@H](C)O)NC(=O)C(NC(=O)C(NC(=O)C(O)C(CCCCCCCCCCCCC)OC2OCC(O)C(OC3OC(CO)C(O)C(O)C3NC(C)=O)C2O)C(C)O)C(C)OC(=O)C(CCCCN)NC(=O)C(C(C)OC2OC(CO)C(O)C(O)C2O)N(C)C(=O)CNC(=O)[C@@H](CCC(N)=O)NC1=O. The second-order valence-electron chi connectivity index (χ2n) is 31.0. The molecule has 26 N–H and O–H groups in total. The molecule has 5 rings (SSSR count). The number of cyclic esters (lactones) is 1. The van der Waals surface area contributed by atoms with Crippen molar-refractivity contribution < 1.29 is 157 Å². The van der Waals surface area contributed by atoms with Gasteiger partial charge in [-0.15, -0.1) is 0 Å². The quantitative estimate of drug-likeness (QED) is 0.0166. The van der Waals surface area contributed by atoms with Crippen LogP contribution in [0.4, 0.5) is 0 Å². The number of phenolic OH excluding ortho intramolecular Hbond substituents is 1. The predicted molar refractivity (Wildman–Crippen MR) is 423 cm³/mol. The molecule has 0 aromatic heterocycles. The van der Waals surface area contributed by atoms with E-state index in [2.05, 4.69) is 54.8 Å². The molecular weight excluding hydrogens is 1620 g/mol. The zero-order chi connectivity index (χ0) is 90.9. The number of aliphatic hydroxyl groups is 12. The van der Waals surface area contributed by atoms with Gasteiger partial charge in [-0.3, -0.25) is 52.7 Å². The fraction of sp³-hybridized carbons (Fsp3) is 0.744. The summed E-state index contributed by atoms with van der Waals surface area (Å²) < 4.78 is 40.9. The van der Waals surface area contributed by atoms with E-state index in [4.69, 9.17) is 44.6 Å². The molecule has 692 valence electrons. The highest BCUT2D eigenvalue weighted by Gasteiger charge is 2.52. The van der Waals surface area contributed by atoms with Crippen LogP contribution in [0.15, 0.2) is 36.0 Å². The van der Waals surface area contributed by atoms with Crippen molar-refractivity contribution in [1.82, 2.24) is 52.8 Å². The van der Waals surface area contributed by atoms with E-state index in [0.717, 1.165) is 99.1 Å². The molecule has 23 unspecified atom stereocenters. The van der Waals surface area contributed by atoms with Crippen LogP contribution in [0.5, 0.6) is 5.75 Å². The minimum atomic E-state index is -2.38. The van der Waals surface area contributed by atoms with Crippen LogP contribution in [0.2, 0.25) is 0 Å². The summed E-state index contributed by atoms with van der Waals surface area (Å²) in [4.78, 5) is 172. The van der Waals surface area contributed by atoms with E-state index in [1.165, 1.54) is 31.2 Å². The number of aromatic hydroxyl groups is 1. The van der Waals surface area contributed by atoms with Crippen molar-refractivity contribution in [2.24, 2.45) is 11.5 Å². The molecule has 122 heavy (non-hydrogen) atoms. The first-order valence-corrected chi connectivity index (χ1v) is 41.2. The Labute approximate surface area is 705 Å². The molecule has 11 amide bonds. The molecule has 44 nitrogen and oxygen atoms in total. The molecular formula is C78H128N12O32. The first kappa shape index (κ1) is 104. The van der Waals surface area contributed by atoms with E-state index in [-0.39, 0.29) is 50.0 Å². The lowest BCUT2D eigenvalue weighted by Gasteiger charge is -2.46. The minimum Gasteiger partial charge on any atom is -0.508 e. The third-order valence-corrected chi connectivity index (χ3v) is 21.3. The van der Waals surface area contributed by atoms with Gasteiger partial charge in [0.05, 0.1) is 50.8 Å². The molecule has 4 heterocycles. The molecule has 4 fully saturated rings. The van der Waals surface area contributed by atoms with Gasteiger partial charge in [-0.25, -0.2) is 4.79 Å². The number of unbranched alkanes of at least 4 members (excludes halogenated alkanes) is 11. The first-order valence-electron chi connectivity index (χ1n) is 41.2. The van der Waals surface area contributed by atoms with E-state index in [9.17, 15) is 105 Å². The zero-order valence-corrected chi connectivity index (χ0v) is 69.9. The highest BCUT2D eigenvalue weighted by Crippen LogP contribution is 2.31. The third-order valence-electron chi connectivity index (χ3n) is 21.3. The lowest BCUT2D eigenvalue weighted by atomic mass is 9.96. The molecule has 4 saturated heterocycles. The van der Waals surface area contributed by atoms with Crippen molar-refractivity contribution in [3.8, 4) is 5.75 Å². The predicted octanol–water partition coefficient (Wildman–Crippen LogP) is -8.03. The Morgan fingerprint density at radius 2 is 1.26 bits per heavy atom. The third kappa shape index (κ3) is 31.4. The molecule has 0 bridgehead atoms. The Hall–Kier alpha value is -8.36. The number of carbonyl (C=O) groups is 12. The second-order valence-corrected chi connectivity index (χ2v) is 31.0. The summed E-state index contributed by atoms with van der Waals surface area (Å²) in [5, 5.41) is 163. The van der Waals surface area contributed by atoms with Gasteiger partial charge in [0.2, 0.25) is 53.2 Å². The summed E-state index contributed by atoms with van der Waals surface area (Å²) in [5.41, 5.74) is 10.9. The number of hydrogen-bond acceptors (Lipinski definition) is 33. The highest BCUT2D eigenvalue weighted by atomic mass is 16.7. The van der Waals surface area contributed by atoms with Gasteiger partial charge in [-0.2, -0.15) is 0 Å². The van der Waals surface area contributed by atoms with Crippen molar-refractivity contribution in [3.63, 3.8) is 0 Å². The lowest BCUT2D eigenvalue weighted by Crippen LogP contribution is -2.67. The van der Waals surface area contributed by atoms with E-state index >= 15 is 19.2 Å². The topological polar surface area (TPSA) is 696 Å². The van der Waals surface area contributed by atoms with Crippen LogP contribution in [0, 0.1) is 0 Å². The maximum Gasteiger partial charge on any atom is 0.328 e. The van der Waals surface area contributed by atoms with Crippen molar-refractivity contribution in [3.05, 3.63) is 41.6 Å². The number of ether oxygens (including phenoxy) is 7. The first-order chi connectivity index (χ1) is 57.7. The number of carbonyl (C=O) groups excluding carboxylic acids is 12. The van der Waals surface area contributed by atoms with Gasteiger partial charge < -0.3 is 164 Å². The number of primary amides is 1. The number of amides is 11. The highest BCUT2D eigenvalue weighted by molar-refractivity contribution is 6.02. The molecule has 4 aliphatic heterocycles.